The fraction of sp³-hybridized carbons (Fsp3) is 0.512. The zero-order chi connectivity index (χ0) is 44.9. The van der Waals surface area contributed by atoms with Crippen molar-refractivity contribution in [3.05, 3.63) is 65.7 Å². The number of benzene rings is 2. The number of likely N-dealkylation sites (N-methyl/N-ethyl adjacent to an activating group) is 1. The van der Waals surface area contributed by atoms with E-state index in [-0.39, 0.29) is 63.3 Å². The zero-order valence-electron chi connectivity index (χ0n) is 34.9. The van der Waals surface area contributed by atoms with E-state index in [1.807, 2.05) is 36.6 Å². The molecule has 1 fully saturated rings. The molecule has 0 spiro atoms. The fourth-order valence-electron chi connectivity index (χ4n) is 6.44. The highest BCUT2D eigenvalue weighted by molar-refractivity contribution is 7.98. The Morgan fingerprint density at radius 2 is 1.56 bits per heavy atom. The first-order valence-electron chi connectivity index (χ1n) is 20.2. The number of carbonyl (C=O) groups is 7. The molecule has 19 nitrogen and oxygen atoms in total. The van der Waals surface area contributed by atoms with Crippen molar-refractivity contribution >= 4 is 59.3 Å². The first-order chi connectivity index (χ1) is 29.1. The largest absolute Gasteiger partial charge is 0.508 e. The molecule has 0 saturated carbocycles. The van der Waals surface area contributed by atoms with Crippen LogP contribution in [0.1, 0.15) is 63.0 Å². The Morgan fingerprint density at radius 3 is 2.21 bits per heavy atom. The van der Waals surface area contributed by atoms with E-state index in [9.17, 15) is 43.8 Å². The van der Waals surface area contributed by atoms with Gasteiger partial charge in [0.05, 0.1) is 0 Å². The van der Waals surface area contributed by atoms with Crippen molar-refractivity contribution in [2.45, 2.75) is 101 Å². The van der Waals surface area contributed by atoms with E-state index in [0.717, 1.165) is 11.1 Å². The lowest BCUT2D eigenvalue weighted by Crippen LogP contribution is -2.59. The summed E-state index contributed by atoms with van der Waals surface area (Å²) in [5.41, 5.74) is 12.2. The minimum atomic E-state index is -1.34. The molecule has 1 saturated heterocycles. The van der Waals surface area contributed by atoms with Gasteiger partial charge >= 0.3 is 12.0 Å². The van der Waals surface area contributed by atoms with Crippen molar-refractivity contribution in [2.24, 2.45) is 16.5 Å². The molecule has 1 aliphatic rings. The normalized spacial score (nSPS) is 21.5. The molecule has 12 N–H and O–H groups in total. The molecule has 1 unspecified atom stereocenters. The number of guanidine groups is 1. The Bertz CT molecular complexity index is 1810. The van der Waals surface area contributed by atoms with Gasteiger partial charge in [0.2, 0.25) is 29.5 Å². The van der Waals surface area contributed by atoms with Crippen LogP contribution in [0.3, 0.4) is 0 Å². The number of nitrogens with two attached hydrogens (primary N) is 2. The molecular formula is C41H60N10O9S. The number of hydrogen-bond acceptors (Lipinski definition) is 10. The summed E-state index contributed by atoms with van der Waals surface area (Å²) < 4.78 is 0. The Hall–Kier alpha value is -6.05. The van der Waals surface area contributed by atoms with Crippen LogP contribution in [0.5, 0.6) is 5.75 Å². The number of carboxylic acid groups (broad SMARTS) is 1. The van der Waals surface area contributed by atoms with Crippen molar-refractivity contribution < 1.29 is 43.8 Å². The number of amides is 7. The monoisotopic (exact) mass is 868 g/mol. The van der Waals surface area contributed by atoms with Crippen LogP contribution >= 0.6 is 11.8 Å². The van der Waals surface area contributed by atoms with Crippen LogP contribution in [0.4, 0.5) is 4.79 Å². The lowest BCUT2D eigenvalue weighted by Gasteiger charge is -2.31. The number of phenolic OH excluding ortho intramolecular Hbond substituents is 1. The second kappa shape index (κ2) is 25.5. The molecule has 6 atom stereocenters. The maximum atomic E-state index is 14.2. The summed E-state index contributed by atoms with van der Waals surface area (Å²) in [6.45, 7) is 1.80. The van der Waals surface area contributed by atoms with E-state index >= 15 is 0 Å². The van der Waals surface area contributed by atoms with Crippen molar-refractivity contribution in [3.63, 3.8) is 0 Å². The van der Waals surface area contributed by atoms with Crippen molar-refractivity contribution in [1.29, 1.82) is 0 Å². The smallest absolute Gasteiger partial charge is 0.326 e. The Balaban J connectivity index is 1.96. The molecule has 334 valence electrons. The fourth-order valence-corrected chi connectivity index (χ4v) is 6.91. The minimum Gasteiger partial charge on any atom is -0.508 e. The maximum Gasteiger partial charge on any atom is 0.326 e. The number of aryl methyl sites for hydroxylation is 1. The second-order valence-corrected chi connectivity index (χ2v) is 15.8. The molecule has 61 heavy (non-hydrogen) atoms. The van der Waals surface area contributed by atoms with Crippen molar-refractivity contribution in [1.82, 2.24) is 36.8 Å². The van der Waals surface area contributed by atoms with Gasteiger partial charge in [-0.1, -0.05) is 42.5 Å². The van der Waals surface area contributed by atoms with Crippen LogP contribution in [0, 0.1) is 0 Å². The van der Waals surface area contributed by atoms with Gasteiger partial charge in [0.15, 0.2) is 5.96 Å². The molecule has 20 heteroatoms. The van der Waals surface area contributed by atoms with Gasteiger partial charge in [0.25, 0.3) is 0 Å². The third-order valence-corrected chi connectivity index (χ3v) is 10.8. The molecule has 2 aromatic carbocycles. The topological polar surface area (TPSA) is 300 Å². The zero-order valence-corrected chi connectivity index (χ0v) is 35.7. The maximum absolute atomic E-state index is 14.2. The third kappa shape index (κ3) is 17.2. The molecule has 7 amide bonds. The summed E-state index contributed by atoms with van der Waals surface area (Å²) in [6.07, 6.45) is 3.40. The molecule has 0 aliphatic carbocycles. The summed E-state index contributed by atoms with van der Waals surface area (Å²) in [5.74, 6) is -4.06. The molecule has 1 aliphatic heterocycles. The van der Waals surface area contributed by atoms with E-state index < -0.39 is 77.8 Å². The highest BCUT2D eigenvalue weighted by Gasteiger charge is 2.34. The van der Waals surface area contributed by atoms with E-state index in [4.69, 9.17) is 11.5 Å². The van der Waals surface area contributed by atoms with Gasteiger partial charge in [-0.3, -0.25) is 29.0 Å². The number of aromatic hydroxyl groups is 1. The number of aliphatic imine (C=N–C) groups is 1. The SMILES string of the molecule is CSCCC1NC(=O)[C@H](NC(=O)N[C@@H](CCCN=C(N)N)C(=O)O)CCCCNC(=O)[C@H](Cc2ccccc2)NC(=O)[C@H](C)N(C)C(=O)[C@H](CCc2ccc(O)cc2)NC1=O. The molecule has 0 radical (unpaired) electrons. The lowest BCUT2D eigenvalue weighted by molar-refractivity contribution is -0.142. The number of thioether (sulfide) groups is 1. The highest BCUT2D eigenvalue weighted by atomic mass is 32.2. The van der Waals surface area contributed by atoms with Gasteiger partial charge < -0.3 is 58.5 Å². The Kier molecular flexibility index (Phi) is 20.7. The minimum absolute atomic E-state index is 0.0145. The summed E-state index contributed by atoms with van der Waals surface area (Å²) >= 11 is 1.42. The summed E-state index contributed by atoms with van der Waals surface area (Å²) in [7, 11) is 1.42. The molecule has 2 aromatic rings. The average Bonchev–Trinajstić information content (AvgIpc) is 3.23. The number of aliphatic carboxylic acids is 1. The van der Waals surface area contributed by atoms with Crippen LogP contribution in [0.2, 0.25) is 0 Å². The first kappa shape index (κ1) is 49.3. The number of phenols is 1. The van der Waals surface area contributed by atoms with Gasteiger partial charge in [-0.2, -0.15) is 11.8 Å². The number of urea groups is 1. The number of rotatable bonds is 15. The van der Waals surface area contributed by atoms with E-state index in [1.54, 1.807) is 12.1 Å². The van der Waals surface area contributed by atoms with Crippen LogP contribution in [0.25, 0.3) is 0 Å². The quantitative estimate of drug-likeness (QED) is 0.0648. The van der Waals surface area contributed by atoms with Gasteiger partial charge in [0, 0.05) is 26.6 Å². The molecule has 0 bridgehead atoms. The first-order valence-corrected chi connectivity index (χ1v) is 21.6. The van der Waals surface area contributed by atoms with E-state index in [1.165, 1.54) is 42.8 Å². The highest BCUT2D eigenvalue weighted by Crippen LogP contribution is 2.15. The summed E-state index contributed by atoms with van der Waals surface area (Å²) in [6, 6.07) is 7.48. The molecule has 0 aromatic heterocycles. The van der Waals surface area contributed by atoms with Gasteiger partial charge in [-0.05, 0) is 93.6 Å². The average molecular weight is 869 g/mol. The number of nitrogens with zero attached hydrogens (tertiary/aromatic N) is 2. The molecule has 1 heterocycles. The van der Waals surface area contributed by atoms with Crippen LogP contribution in [-0.4, -0.2) is 131 Å². The van der Waals surface area contributed by atoms with E-state index in [2.05, 4.69) is 36.9 Å². The predicted molar refractivity (Wildman–Crippen MR) is 231 cm³/mol. The second-order valence-electron chi connectivity index (χ2n) is 14.8. The number of carboxylic acids is 1. The van der Waals surface area contributed by atoms with Crippen LogP contribution in [-0.2, 0) is 41.6 Å². The Morgan fingerprint density at radius 1 is 0.885 bits per heavy atom. The van der Waals surface area contributed by atoms with E-state index in [0.29, 0.717) is 25.0 Å². The Labute approximate surface area is 360 Å². The van der Waals surface area contributed by atoms with Gasteiger partial charge in [-0.25, -0.2) is 9.59 Å². The lowest BCUT2D eigenvalue weighted by atomic mass is 10.0. The van der Waals surface area contributed by atoms with Gasteiger partial charge in [-0.15, -0.1) is 0 Å². The van der Waals surface area contributed by atoms with Crippen LogP contribution in [0.15, 0.2) is 59.6 Å². The number of carbonyl (C=O) groups excluding carboxylic acids is 6. The number of nitrogens with one attached hydrogen (secondary N) is 6. The third-order valence-electron chi connectivity index (χ3n) is 10.1. The molecule has 3 rings (SSSR count). The van der Waals surface area contributed by atoms with Crippen LogP contribution < -0.4 is 43.4 Å². The van der Waals surface area contributed by atoms with Crippen molar-refractivity contribution in [2.75, 3.05) is 32.1 Å². The molecular weight excluding hydrogens is 809 g/mol. The summed E-state index contributed by atoms with van der Waals surface area (Å²) in [4.78, 5) is 99.8. The van der Waals surface area contributed by atoms with Crippen molar-refractivity contribution in [3.8, 4) is 5.75 Å². The van der Waals surface area contributed by atoms with Gasteiger partial charge in [0.1, 0.15) is 42.0 Å². The number of hydrogen-bond donors (Lipinski definition) is 10. The standard InChI is InChI=1S/C41H60N10O9S/c1-25-34(53)48-33(24-27-10-5-4-6-11-27)35(54)44-21-8-7-12-29(49-41(60)50-32(39(58)59)13-9-22-45-40(42)43)36(55)46-30(20-23-61-3)37(56)47-31(38(57)51(25)2)19-16-26-14-17-28(52)18-15-26/h4-6,10-11,14-15,17-18,25,29-33,52H,7-9,12-13,16,19-24H2,1-3H3,(H,44,54)(H,46,55)(H,47,56)(H,48,53)(H,58,59)(H4,42,43,45)(H2,49,50,60)/t25-,29+,30?,31-,32-,33-/m0/s1. The predicted octanol–water partition coefficient (Wildman–Crippen LogP) is 0.0966. The summed E-state index contributed by atoms with van der Waals surface area (Å²) in [5, 5.41) is 35.7.